The number of anilines is 1. The summed E-state index contributed by atoms with van der Waals surface area (Å²) in [5, 5.41) is 11.5. The number of nitrogens with zero attached hydrogens (tertiary/aromatic N) is 1. The molecular weight excluding hydrogens is 294 g/mol. The molecule has 0 saturated carbocycles. The minimum atomic E-state index is -3.06. The molecule has 20 heavy (non-hydrogen) atoms. The second kappa shape index (κ2) is 6.32. The summed E-state index contributed by atoms with van der Waals surface area (Å²) in [7, 11) is 0. The monoisotopic (exact) mass is 308 g/mol. The van der Waals surface area contributed by atoms with E-state index in [-0.39, 0.29) is 16.4 Å². The molecule has 0 spiro atoms. The third-order valence-electron chi connectivity index (χ3n) is 2.09. The molecule has 0 aliphatic heterocycles. The van der Waals surface area contributed by atoms with Crippen molar-refractivity contribution in [3.05, 3.63) is 22.8 Å². The van der Waals surface area contributed by atoms with Crippen LogP contribution < -0.4 is 5.32 Å². The van der Waals surface area contributed by atoms with Crippen molar-refractivity contribution in [1.29, 1.82) is 0 Å². The molecular formula is C12H15ClF2N2O3. The van der Waals surface area contributed by atoms with Gasteiger partial charge in [0, 0.05) is 11.8 Å². The van der Waals surface area contributed by atoms with Crippen molar-refractivity contribution in [2.24, 2.45) is 0 Å². The number of carbonyl (C=O) groups excluding carboxylic acids is 1. The summed E-state index contributed by atoms with van der Waals surface area (Å²) in [6, 6.07) is 1.24. The first-order valence-electron chi connectivity index (χ1n) is 5.72. The lowest BCUT2D eigenvalue weighted by Gasteiger charge is -2.21. The van der Waals surface area contributed by atoms with Crippen LogP contribution in [-0.2, 0) is 4.74 Å². The highest BCUT2D eigenvalue weighted by atomic mass is 35.5. The number of halogens is 3. The first-order valence-corrected chi connectivity index (χ1v) is 6.10. The Labute approximate surface area is 119 Å². The van der Waals surface area contributed by atoms with Crippen molar-refractivity contribution in [2.45, 2.75) is 38.9 Å². The summed E-state index contributed by atoms with van der Waals surface area (Å²) in [6.45, 7) is 4.94. The fourth-order valence-electron chi connectivity index (χ4n) is 1.36. The Balaban J connectivity index is 3.01. The van der Waals surface area contributed by atoms with Crippen LogP contribution >= 0.6 is 11.6 Å². The molecule has 0 fully saturated rings. The van der Waals surface area contributed by atoms with E-state index in [0.717, 1.165) is 0 Å². The third kappa shape index (κ3) is 4.57. The van der Waals surface area contributed by atoms with Gasteiger partial charge in [-0.3, -0.25) is 5.32 Å². The van der Waals surface area contributed by atoms with Gasteiger partial charge in [-0.25, -0.2) is 18.6 Å². The summed E-state index contributed by atoms with van der Waals surface area (Å²) in [5.41, 5.74) is -1.11. The Morgan fingerprint density at radius 3 is 2.60 bits per heavy atom. The summed E-state index contributed by atoms with van der Waals surface area (Å²) >= 11 is 5.76. The van der Waals surface area contributed by atoms with Crippen LogP contribution in [0.3, 0.4) is 0 Å². The van der Waals surface area contributed by atoms with Gasteiger partial charge in [-0.1, -0.05) is 11.6 Å². The van der Waals surface area contributed by atoms with Crippen molar-refractivity contribution < 1.29 is 23.4 Å². The second-order valence-corrected chi connectivity index (χ2v) is 5.37. The first-order chi connectivity index (χ1) is 9.11. The van der Waals surface area contributed by atoms with Crippen LogP contribution in [0.2, 0.25) is 5.02 Å². The van der Waals surface area contributed by atoms with Crippen LogP contribution in [0.15, 0.2) is 12.3 Å². The molecule has 8 heteroatoms. The van der Waals surface area contributed by atoms with E-state index in [9.17, 15) is 18.7 Å². The van der Waals surface area contributed by atoms with E-state index in [1.807, 2.05) is 0 Å². The smallest absolute Gasteiger partial charge is 0.413 e. The first kappa shape index (κ1) is 16.6. The highest BCUT2D eigenvalue weighted by Gasteiger charge is 2.27. The van der Waals surface area contributed by atoms with E-state index < -0.39 is 24.2 Å². The maximum Gasteiger partial charge on any atom is 0.413 e. The molecule has 112 valence electrons. The van der Waals surface area contributed by atoms with Gasteiger partial charge in [0.05, 0.1) is 5.02 Å². The van der Waals surface area contributed by atoms with E-state index in [1.165, 1.54) is 12.3 Å². The molecule has 1 heterocycles. The lowest BCUT2D eigenvalue weighted by atomic mass is 10.1. The molecule has 1 amide bonds. The molecule has 1 atom stereocenters. The molecule has 1 aromatic heterocycles. The maximum atomic E-state index is 12.6. The molecule has 1 unspecified atom stereocenters. The summed E-state index contributed by atoms with van der Waals surface area (Å²) in [5.74, 6) is -0.264. The SMILES string of the molecule is CC(C)(C)OC(=O)Nc1nccc(Cl)c1C(O)C(F)F. The summed E-state index contributed by atoms with van der Waals surface area (Å²) in [6.07, 6.45) is -4.87. The van der Waals surface area contributed by atoms with Crippen LogP contribution in [-0.4, -0.2) is 28.2 Å². The average Bonchev–Trinajstić information content (AvgIpc) is 2.25. The van der Waals surface area contributed by atoms with Crippen molar-refractivity contribution >= 4 is 23.5 Å². The van der Waals surface area contributed by atoms with Gasteiger partial charge in [-0.2, -0.15) is 0 Å². The van der Waals surface area contributed by atoms with Gasteiger partial charge in [-0.05, 0) is 26.8 Å². The van der Waals surface area contributed by atoms with E-state index >= 15 is 0 Å². The van der Waals surface area contributed by atoms with E-state index in [2.05, 4.69) is 10.3 Å². The number of carbonyl (C=O) groups is 1. The van der Waals surface area contributed by atoms with Crippen LogP contribution in [0.1, 0.15) is 32.4 Å². The zero-order chi connectivity index (χ0) is 15.5. The van der Waals surface area contributed by atoms with E-state index in [0.29, 0.717) is 0 Å². The normalized spacial score (nSPS) is 13.2. The number of amides is 1. The molecule has 1 rings (SSSR count). The topological polar surface area (TPSA) is 71.5 Å². The molecule has 0 aliphatic carbocycles. The quantitative estimate of drug-likeness (QED) is 0.898. The lowest BCUT2D eigenvalue weighted by molar-refractivity contribution is -0.00555. The lowest BCUT2D eigenvalue weighted by Crippen LogP contribution is -2.28. The fraction of sp³-hybridized carbons (Fsp3) is 0.500. The molecule has 0 bridgehead atoms. The Morgan fingerprint density at radius 2 is 2.10 bits per heavy atom. The maximum absolute atomic E-state index is 12.6. The predicted octanol–water partition coefficient (Wildman–Crippen LogP) is 3.38. The minimum absolute atomic E-state index is 0.126. The number of aromatic nitrogens is 1. The van der Waals surface area contributed by atoms with Crippen LogP contribution in [0.5, 0.6) is 0 Å². The number of nitrogens with one attached hydrogen (secondary N) is 1. The average molecular weight is 309 g/mol. The second-order valence-electron chi connectivity index (χ2n) is 4.96. The Kier molecular flexibility index (Phi) is 5.24. The number of pyridine rings is 1. The van der Waals surface area contributed by atoms with Gasteiger partial charge in [0.1, 0.15) is 17.5 Å². The molecule has 5 nitrogen and oxygen atoms in total. The van der Waals surface area contributed by atoms with Gasteiger partial charge < -0.3 is 9.84 Å². The Hall–Kier alpha value is -1.47. The van der Waals surface area contributed by atoms with Crippen LogP contribution in [0.25, 0.3) is 0 Å². The number of hydrogen-bond acceptors (Lipinski definition) is 4. The Bertz CT molecular complexity index is 492. The van der Waals surface area contributed by atoms with Gasteiger partial charge in [-0.15, -0.1) is 0 Å². The van der Waals surface area contributed by atoms with Gasteiger partial charge in [0.25, 0.3) is 6.43 Å². The number of aliphatic hydroxyl groups is 1. The highest BCUT2D eigenvalue weighted by Crippen LogP contribution is 2.32. The van der Waals surface area contributed by atoms with Crippen molar-refractivity contribution in [3.63, 3.8) is 0 Å². The van der Waals surface area contributed by atoms with Crippen LogP contribution in [0.4, 0.5) is 19.4 Å². The third-order valence-corrected chi connectivity index (χ3v) is 2.42. The van der Waals surface area contributed by atoms with Crippen molar-refractivity contribution in [3.8, 4) is 0 Å². The number of ether oxygens (including phenoxy) is 1. The minimum Gasteiger partial charge on any atom is -0.444 e. The van der Waals surface area contributed by atoms with Gasteiger partial charge in [0.2, 0.25) is 0 Å². The number of aliphatic hydroxyl groups excluding tert-OH is 1. The number of alkyl halides is 2. The fourth-order valence-corrected chi connectivity index (χ4v) is 1.61. The van der Waals surface area contributed by atoms with Crippen molar-refractivity contribution in [1.82, 2.24) is 4.98 Å². The summed E-state index contributed by atoms with van der Waals surface area (Å²) in [4.78, 5) is 15.3. The van der Waals surface area contributed by atoms with Crippen molar-refractivity contribution in [2.75, 3.05) is 5.32 Å². The largest absolute Gasteiger partial charge is 0.444 e. The summed E-state index contributed by atoms with van der Waals surface area (Å²) < 4.78 is 30.2. The molecule has 2 N–H and O–H groups in total. The standard InChI is InChI=1S/C12H15ClF2N2O3/c1-12(2,3)20-11(19)17-10-7(8(18)9(14)15)6(13)4-5-16-10/h4-5,8-9,18H,1-3H3,(H,16,17,19). The van der Waals surface area contributed by atoms with Crippen LogP contribution in [0, 0.1) is 0 Å². The number of rotatable bonds is 3. The zero-order valence-electron chi connectivity index (χ0n) is 11.2. The zero-order valence-corrected chi connectivity index (χ0v) is 11.9. The highest BCUT2D eigenvalue weighted by molar-refractivity contribution is 6.31. The molecule has 0 saturated heterocycles. The Morgan fingerprint density at radius 1 is 1.50 bits per heavy atom. The van der Waals surface area contributed by atoms with Gasteiger partial charge >= 0.3 is 6.09 Å². The molecule has 0 aliphatic rings. The van der Waals surface area contributed by atoms with E-state index in [1.54, 1.807) is 20.8 Å². The van der Waals surface area contributed by atoms with E-state index in [4.69, 9.17) is 16.3 Å². The molecule has 1 aromatic rings. The molecule has 0 aromatic carbocycles. The number of hydrogen-bond donors (Lipinski definition) is 2. The predicted molar refractivity (Wildman–Crippen MR) is 70.1 cm³/mol. The van der Waals surface area contributed by atoms with Gasteiger partial charge in [0.15, 0.2) is 0 Å². The molecule has 0 radical (unpaired) electrons.